The Bertz CT molecular complexity index is 1760. The van der Waals surface area contributed by atoms with E-state index in [1.807, 2.05) is 19.9 Å². The maximum Gasteiger partial charge on any atom is 0.262 e. The fourth-order valence-corrected chi connectivity index (χ4v) is 8.05. The Hall–Kier alpha value is -2.90. The number of fused-ring (bicyclic) bond motifs is 2. The van der Waals surface area contributed by atoms with E-state index in [-0.39, 0.29) is 11.0 Å². The van der Waals surface area contributed by atoms with Gasteiger partial charge in [0.05, 0.1) is 57.3 Å². The molecule has 0 saturated carbocycles. The molecule has 1 spiro atoms. The first-order valence-corrected chi connectivity index (χ1v) is 17.1. The number of anilines is 1. The molecule has 1 aliphatic carbocycles. The van der Waals surface area contributed by atoms with E-state index >= 15 is 0 Å². The van der Waals surface area contributed by atoms with Crippen molar-refractivity contribution in [3.05, 3.63) is 75.4 Å². The van der Waals surface area contributed by atoms with Gasteiger partial charge in [0.1, 0.15) is 5.03 Å². The third-order valence-electron chi connectivity index (χ3n) is 9.17. The summed E-state index contributed by atoms with van der Waals surface area (Å²) in [4.78, 5) is 25.0. The second-order valence-corrected chi connectivity index (χ2v) is 15.4. The van der Waals surface area contributed by atoms with E-state index in [2.05, 4.69) is 49.3 Å². The van der Waals surface area contributed by atoms with Gasteiger partial charge in [0.25, 0.3) is 5.56 Å². The molecule has 13 heteroatoms. The summed E-state index contributed by atoms with van der Waals surface area (Å²) in [5, 5.41) is 16.1. The molecular formula is C31H36ClN7O3S2. The maximum atomic E-state index is 13.1. The minimum atomic E-state index is -1.41. The first-order valence-electron chi connectivity index (χ1n) is 14.6. The summed E-state index contributed by atoms with van der Waals surface area (Å²) in [6.45, 7) is 6.42. The van der Waals surface area contributed by atoms with Gasteiger partial charge in [-0.1, -0.05) is 47.6 Å². The molecule has 2 aromatic heterocycles. The van der Waals surface area contributed by atoms with Crippen molar-refractivity contribution in [1.29, 1.82) is 0 Å². The predicted octanol–water partition coefficient (Wildman–Crippen LogP) is 4.75. The zero-order valence-corrected chi connectivity index (χ0v) is 27.4. The first-order chi connectivity index (χ1) is 21.1. The van der Waals surface area contributed by atoms with Gasteiger partial charge >= 0.3 is 0 Å². The van der Waals surface area contributed by atoms with Crippen molar-refractivity contribution < 1.29 is 8.95 Å². The van der Waals surface area contributed by atoms with Gasteiger partial charge in [-0.3, -0.25) is 14.5 Å². The largest absolute Gasteiger partial charge is 0.383 e. The van der Waals surface area contributed by atoms with Gasteiger partial charge in [-0.25, -0.2) is 14.2 Å². The highest BCUT2D eigenvalue weighted by molar-refractivity contribution is 7.99. The third kappa shape index (κ3) is 5.90. The maximum absolute atomic E-state index is 13.1. The van der Waals surface area contributed by atoms with Gasteiger partial charge in [0, 0.05) is 25.1 Å². The molecule has 6 rings (SSSR count). The minimum Gasteiger partial charge on any atom is -0.383 e. The van der Waals surface area contributed by atoms with E-state index in [1.54, 1.807) is 19.4 Å². The molecule has 2 N–H and O–H groups in total. The first kappa shape index (κ1) is 31.1. The van der Waals surface area contributed by atoms with E-state index in [4.69, 9.17) is 21.5 Å². The van der Waals surface area contributed by atoms with Crippen LogP contribution in [0.4, 0.5) is 5.95 Å². The molecule has 44 heavy (non-hydrogen) atoms. The molecule has 1 aliphatic heterocycles. The molecule has 2 aromatic carbocycles. The molecule has 2 aliphatic rings. The molecule has 232 valence electrons. The summed E-state index contributed by atoms with van der Waals surface area (Å²) in [7, 11) is 0.178. The summed E-state index contributed by atoms with van der Waals surface area (Å²) < 4.78 is 18.5. The zero-order chi connectivity index (χ0) is 31.1. The van der Waals surface area contributed by atoms with Crippen molar-refractivity contribution in [2.45, 2.75) is 66.7 Å². The lowest BCUT2D eigenvalue weighted by molar-refractivity contribution is 0.170. The summed E-state index contributed by atoms with van der Waals surface area (Å²) in [6.07, 6.45) is 6.96. The second-order valence-electron chi connectivity index (χ2n) is 12.2. The lowest BCUT2D eigenvalue weighted by Gasteiger charge is -2.45. The van der Waals surface area contributed by atoms with Gasteiger partial charge in [-0.2, -0.15) is 0 Å². The highest BCUT2D eigenvalue weighted by Crippen LogP contribution is 2.56. The number of piperidine rings is 1. The van der Waals surface area contributed by atoms with Crippen molar-refractivity contribution in [3.8, 4) is 0 Å². The van der Waals surface area contributed by atoms with Crippen molar-refractivity contribution in [3.63, 3.8) is 0 Å². The fourth-order valence-electron chi connectivity index (χ4n) is 6.62. The highest BCUT2D eigenvalue weighted by Gasteiger charge is 2.49. The van der Waals surface area contributed by atoms with E-state index in [0.717, 1.165) is 38.8 Å². The van der Waals surface area contributed by atoms with Crippen LogP contribution in [-0.4, -0.2) is 60.5 Å². The number of rotatable bonds is 9. The Labute approximate surface area is 268 Å². The Morgan fingerprint density at radius 1 is 1.16 bits per heavy atom. The van der Waals surface area contributed by atoms with Crippen LogP contribution in [0.1, 0.15) is 50.2 Å². The average Bonchev–Trinajstić information content (AvgIpc) is 3.30. The summed E-state index contributed by atoms with van der Waals surface area (Å²) in [5.74, 6) is 0.890. The van der Waals surface area contributed by atoms with Gasteiger partial charge in [-0.05, 0) is 74.1 Å². The van der Waals surface area contributed by atoms with Crippen LogP contribution in [0.15, 0.2) is 63.6 Å². The van der Waals surface area contributed by atoms with Crippen LogP contribution in [0.2, 0.25) is 5.02 Å². The van der Waals surface area contributed by atoms with E-state index in [0.29, 0.717) is 50.9 Å². The lowest BCUT2D eigenvalue weighted by Crippen LogP contribution is -2.45. The third-order valence-corrected chi connectivity index (χ3v) is 11.9. The second kappa shape index (κ2) is 12.5. The van der Waals surface area contributed by atoms with Crippen molar-refractivity contribution >= 4 is 51.2 Å². The Balaban J connectivity index is 1.17. The van der Waals surface area contributed by atoms with E-state index in [9.17, 15) is 9.00 Å². The number of ether oxygens (including phenoxy) is 1. The number of methoxy groups -OCH3 is 1. The number of nitrogens with two attached hydrogens (primary N) is 1. The minimum absolute atomic E-state index is 0.0872. The molecule has 0 radical (unpaired) electrons. The molecular weight excluding hydrogens is 618 g/mol. The summed E-state index contributed by atoms with van der Waals surface area (Å²) in [6, 6.07) is 12.3. The van der Waals surface area contributed by atoms with E-state index < -0.39 is 15.7 Å². The number of nitrogens with zero attached hydrogens (tertiary/aromatic N) is 6. The number of hydrogen-bond acceptors (Lipinski definition) is 9. The smallest absolute Gasteiger partial charge is 0.262 e. The van der Waals surface area contributed by atoms with Crippen molar-refractivity contribution in [2.75, 3.05) is 31.7 Å². The van der Waals surface area contributed by atoms with E-state index in [1.165, 1.54) is 33.8 Å². The molecule has 3 heterocycles. The number of aromatic nitrogens is 5. The monoisotopic (exact) mass is 653 g/mol. The van der Waals surface area contributed by atoms with Gasteiger partial charge in [-0.15, -0.1) is 10.2 Å². The van der Waals surface area contributed by atoms with Crippen LogP contribution in [0.3, 0.4) is 0 Å². The number of benzene rings is 2. The topological polar surface area (TPSA) is 129 Å². The van der Waals surface area contributed by atoms with Crippen LogP contribution < -0.4 is 15.6 Å². The fraction of sp³-hybridized carbons (Fsp3) is 0.452. The molecule has 0 bridgehead atoms. The highest BCUT2D eigenvalue weighted by atomic mass is 35.5. The van der Waals surface area contributed by atoms with Gasteiger partial charge in [0.15, 0.2) is 0 Å². The Morgan fingerprint density at radius 2 is 1.93 bits per heavy atom. The zero-order valence-electron chi connectivity index (χ0n) is 25.0. The molecule has 2 atom stereocenters. The van der Waals surface area contributed by atoms with Crippen LogP contribution in [0.25, 0.3) is 10.9 Å². The predicted molar refractivity (Wildman–Crippen MR) is 175 cm³/mol. The van der Waals surface area contributed by atoms with Crippen molar-refractivity contribution in [2.24, 2.45) is 10.6 Å². The molecule has 1 saturated heterocycles. The Morgan fingerprint density at radius 3 is 2.64 bits per heavy atom. The van der Waals surface area contributed by atoms with Gasteiger partial charge < -0.3 is 9.64 Å². The number of halogens is 1. The summed E-state index contributed by atoms with van der Waals surface area (Å²) in [5.41, 5.74) is 3.17. The van der Waals surface area contributed by atoms with Gasteiger partial charge in [0.2, 0.25) is 5.95 Å². The standard InChI is InChI=1S/C31H36ClN7O3S2/c1-30(2,44(33)41)17-22-21-7-5-4-6-20(21)16-31(22)10-12-38(13-11-31)29-34-18-25(36-37-29)43-24-9-8-23-26(27(24)32)28(40)39(19-35-23)14-15-42-3/h4-9,18-19,22H,10-17,33H2,1-3H3/t22-,44?/m1/s1. The van der Waals surface area contributed by atoms with Crippen LogP contribution in [0.5, 0.6) is 0 Å². The molecule has 1 fully saturated rings. The Kier molecular flexibility index (Phi) is 8.82. The van der Waals surface area contributed by atoms with Crippen LogP contribution >= 0.6 is 23.4 Å². The molecule has 1 unspecified atom stereocenters. The quantitative estimate of drug-likeness (QED) is 0.272. The molecule has 0 amide bonds. The number of hydrogen-bond donors (Lipinski definition) is 1. The lowest BCUT2D eigenvalue weighted by atomic mass is 9.67. The molecule has 10 nitrogen and oxygen atoms in total. The summed E-state index contributed by atoms with van der Waals surface area (Å²) >= 11 is 8.02. The SMILES string of the molecule is COCCn1cnc2ccc(Sc3cnc(N4CCC5(CC4)Cc4ccccc4[C@H]5CC(C)(C)S(N)=O)nn3)c(Cl)c2c1=O. The molecule has 4 aromatic rings. The van der Waals surface area contributed by atoms with Crippen LogP contribution in [-0.2, 0) is 28.7 Å². The van der Waals surface area contributed by atoms with Crippen LogP contribution in [0, 0.1) is 5.41 Å². The van der Waals surface area contributed by atoms with Crippen molar-refractivity contribution in [1.82, 2.24) is 24.7 Å². The normalized spacial score (nSPS) is 18.6. The average molecular weight is 654 g/mol.